The number of benzene rings is 1. The van der Waals surface area contributed by atoms with Crippen molar-refractivity contribution in [2.45, 2.75) is 20.4 Å². The van der Waals surface area contributed by atoms with E-state index in [9.17, 15) is 4.79 Å². The van der Waals surface area contributed by atoms with E-state index in [-0.39, 0.29) is 0 Å². The van der Waals surface area contributed by atoms with Crippen LogP contribution >= 0.6 is 11.3 Å². The molecule has 0 aliphatic rings. The minimum absolute atomic E-state index is 0.357. The molecule has 0 spiro atoms. The van der Waals surface area contributed by atoms with Gasteiger partial charge < -0.3 is 10.4 Å². The molecule has 2 aromatic rings. The SMILES string of the molecule is CC.O=C(O)c1cc(NCc2ccccc2)cs1. The summed E-state index contributed by atoms with van der Waals surface area (Å²) in [4.78, 5) is 11.0. The lowest BCUT2D eigenvalue weighted by atomic mass is 10.2. The van der Waals surface area contributed by atoms with Gasteiger partial charge in [0, 0.05) is 17.6 Å². The molecule has 0 radical (unpaired) electrons. The molecule has 0 bridgehead atoms. The van der Waals surface area contributed by atoms with Gasteiger partial charge in [-0.3, -0.25) is 0 Å². The highest BCUT2D eigenvalue weighted by molar-refractivity contribution is 7.12. The van der Waals surface area contributed by atoms with E-state index < -0.39 is 5.97 Å². The van der Waals surface area contributed by atoms with Crippen LogP contribution in [0.2, 0.25) is 0 Å². The molecule has 0 saturated heterocycles. The third-order valence-electron chi connectivity index (χ3n) is 2.15. The van der Waals surface area contributed by atoms with Gasteiger partial charge in [0.1, 0.15) is 4.88 Å². The van der Waals surface area contributed by atoms with Crippen LogP contribution in [-0.2, 0) is 6.54 Å². The van der Waals surface area contributed by atoms with Gasteiger partial charge >= 0.3 is 5.97 Å². The highest BCUT2D eigenvalue weighted by Gasteiger charge is 2.05. The van der Waals surface area contributed by atoms with Gasteiger partial charge in [0.15, 0.2) is 0 Å². The molecule has 1 aromatic carbocycles. The average molecular weight is 263 g/mol. The lowest BCUT2D eigenvalue weighted by Gasteiger charge is -2.02. The van der Waals surface area contributed by atoms with Crippen LogP contribution in [0.1, 0.15) is 29.1 Å². The van der Waals surface area contributed by atoms with Crippen molar-refractivity contribution in [2.24, 2.45) is 0 Å². The Kier molecular flexibility index (Phi) is 5.94. The molecule has 1 heterocycles. The van der Waals surface area contributed by atoms with Crippen molar-refractivity contribution in [2.75, 3.05) is 5.32 Å². The van der Waals surface area contributed by atoms with Gasteiger partial charge in [-0.25, -0.2) is 4.79 Å². The van der Waals surface area contributed by atoms with Gasteiger partial charge in [0.2, 0.25) is 0 Å². The van der Waals surface area contributed by atoms with Gasteiger partial charge in [0.25, 0.3) is 0 Å². The number of carboxylic acids is 1. The normalized spacial score (nSPS) is 9.22. The molecule has 2 rings (SSSR count). The second-order valence-electron chi connectivity index (χ2n) is 3.34. The van der Waals surface area contributed by atoms with Crippen LogP contribution in [0.5, 0.6) is 0 Å². The van der Waals surface area contributed by atoms with Crippen molar-refractivity contribution >= 4 is 23.0 Å². The van der Waals surface area contributed by atoms with Gasteiger partial charge in [-0.2, -0.15) is 0 Å². The predicted octanol–water partition coefficient (Wildman–Crippen LogP) is 4.08. The van der Waals surface area contributed by atoms with E-state index >= 15 is 0 Å². The molecule has 18 heavy (non-hydrogen) atoms. The average Bonchev–Trinajstić information content (AvgIpc) is 2.89. The molecular formula is C14H17NO2S. The molecule has 0 atom stereocenters. The van der Waals surface area contributed by atoms with Crippen molar-refractivity contribution in [3.05, 3.63) is 52.2 Å². The summed E-state index contributed by atoms with van der Waals surface area (Å²) in [7, 11) is 0. The molecule has 0 aliphatic carbocycles. The number of hydrogen-bond donors (Lipinski definition) is 2. The number of nitrogens with one attached hydrogen (secondary N) is 1. The number of thiophene rings is 1. The number of carboxylic acid groups (broad SMARTS) is 1. The molecule has 0 saturated carbocycles. The van der Waals surface area contributed by atoms with Gasteiger partial charge in [-0.1, -0.05) is 44.2 Å². The highest BCUT2D eigenvalue weighted by atomic mass is 32.1. The summed E-state index contributed by atoms with van der Waals surface area (Å²) in [6.45, 7) is 4.70. The standard InChI is InChI=1S/C12H11NO2S.C2H6/c14-12(15)11-6-10(8-16-11)13-7-9-4-2-1-3-5-9;1-2/h1-6,8,13H,7H2,(H,14,15);1-2H3. The maximum Gasteiger partial charge on any atom is 0.345 e. The molecule has 3 nitrogen and oxygen atoms in total. The second-order valence-corrected chi connectivity index (χ2v) is 4.26. The number of carbonyl (C=O) groups is 1. The third kappa shape index (κ3) is 4.22. The van der Waals surface area contributed by atoms with Gasteiger partial charge in [-0.15, -0.1) is 11.3 Å². The summed E-state index contributed by atoms with van der Waals surface area (Å²) in [6.07, 6.45) is 0. The molecule has 4 heteroatoms. The number of rotatable bonds is 4. The molecule has 0 aliphatic heterocycles. The summed E-state index contributed by atoms with van der Waals surface area (Å²) in [5, 5.41) is 13.8. The zero-order chi connectivity index (χ0) is 13.4. The number of anilines is 1. The van der Waals surface area contributed by atoms with Gasteiger partial charge in [-0.05, 0) is 11.6 Å². The Bertz CT molecular complexity index is 480. The van der Waals surface area contributed by atoms with E-state index in [1.807, 2.05) is 49.6 Å². The van der Waals surface area contributed by atoms with Crippen LogP contribution in [0, 0.1) is 0 Å². The van der Waals surface area contributed by atoms with Crippen LogP contribution in [0.3, 0.4) is 0 Å². The quantitative estimate of drug-likeness (QED) is 0.873. The zero-order valence-electron chi connectivity index (χ0n) is 10.5. The minimum Gasteiger partial charge on any atom is -0.477 e. The second kappa shape index (κ2) is 7.50. The molecule has 0 fully saturated rings. The van der Waals surface area contributed by atoms with E-state index in [1.54, 1.807) is 6.07 Å². The predicted molar refractivity (Wildman–Crippen MR) is 76.4 cm³/mol. The largest absolute Gasteiger partial charge is 0.477 e. The van der Waals surface area contributed by atoms with Crippen LogP contribution in [-0.4, -0.2) is 11.1 Å². The van der Waals surface area contributed by atoms with Crippen LogP contribution in [0.25, 0.3) is 0 Å². The van der Waals surface area contributed by atoms with E-state index in [2.05, 4.69) is 5.32 Å². The fraction of sp³-hybridized carbons (Fsp3) is 0.214. The Morgan fingerprint density at radius 1 is 1.28 bits per heavy atom. The highest BCUT2D eigenvalue weighted by Crippen LogP contribution is 2.19. The van der Waals surface area contributed by atoms with Crippen molar-refractivity contribution in [3.63, 3.8) is 0 Å². The Hall–Kier alpha value is -1.81. The van der Waals surface area contributed by atoms with Crippen molar-refractivity contribution in [3.8, 4) is 0 Å². The molecule has 1 aromatic heterocycles. The Morgan fingerprint density at radius 2 is 1.94 bits per heavy atom. The molecular weight excluding hydrogens is 246 g/mol. The summed E-state index contributed by atoms with van der Waals surface area (Å²) >= 11 is 1.23. The molecule has 0 amide bonds. The van der Waals surface area contributed by atoms with E-state index in [0.29, 0.717) is 11.4 Å². The minimum atomic E-state index is -0.877. The Labute approximate surface area is 111 Å². The zero-order valence-corrected chi connectivity index (χ0v) is 11.3. The fourth-order valence-corrected chi connectivity index (χ4v) is 2.04. The maximum atomic E-state index is 10.7. The van der Waals surface area contributed by atoms with Crippen LogP contribution in [0.15, 0.2) is 41.8 Å². The van der Waals surface area contributed by atoms with Crippen molar-refractivity contribution in [1.29, 1.82) is 0 Å². The van der Waals surface area contributed by atoms with Gasteiger partial charge in [0.05, 0.1) is 0 Å². The third-order valence-corrected chi connectivity index (χ3v) is 3.07. The smallest absolute Gasteiger partial charge is 0.345 e. The lowest BCUT2D eigenvalue weighted by Crippen LogP contribution is -1.98. The first-order valence-corrected chi connectivity index (χ1v) is 6.73. The summed E-state index contributed by atoms with van der Waals surface area (Å²) in [6, 6.07) is 11.6. The molecule has 2 N–H and O–H groups in total. The molecule has 0 unspecified atom stereocenters. The summed E-state index contributed by atoms with van der Waals surface area (Å²) < 4.78 is 0. The summed E-state index contributed by atoms with van der Waals surface area (Å²) in [5.41, 5.74) is 2.02. The van der Waals surface area contributed by atoms with Crippen LogP contribution in [0.4, 0.5) is 5.69 Å². The van der Waals surface area contributed by atoms with E-state index in [0.717, 1.165) is 5.69 Å². The fourth-order valence-electron chi connectivity index (χ4n) is 1.34. The molecule has 96 valence electrons. The topological polar surface area (TPSA) is 49.3 Å². The van der Waals surface area contributed by atoms with Crippen LogP contribution < -0.4 is 5.32 Å². The van der Waals surface area contributed by atoms with Crippen molar-refractivity contribution in [1.82, 2.24) is 0 Å². The first kappa shape index (κ1) is 14.3. The van der Waals surface area contributed by atoms with E-state index in [1.165, 1.54) is 16.9 Å². The first-order chi connectivity index (χ1) is 8.75. The van der Waals surface area contributed by atoms with Crippen molar-refractivity contribution < 1.29 is 9.90 Å². The Balaban J connectivity index is 0.000000771. The first-order valence-electron chi connectivity index (χ1n) is 5.85. The summed E-state index contributed by atoms with van der Waals surface area (Å²) in [5.74, 6) is -0.877. The monoisotopic (exact) mass is 263 g/mol. The lowest BCUT2D eigenvalue weighted by molar-refractivity contribution is 0.0702. The Morgan fingerprint density at radius 3 is 2.50 bits per heavy atom. The maximum absolute atomic E-state index is 10.7. The number of aromatic carboxylic acids is 1. The number of hydrogen-bond acceptors (Lipinski definition) is 3. The van der Waals surface area contributed by atoms with E-state index in [4.69, 9.17) is 5.11 Å².